The summed E-state index contributed by atoms with van der Waals surface area (Å²) in [5, 5.41) is 13.8. The van der Waals surface area contributed by atoms with Crippen LogP contribution in [0.25, 0.3) is 20.5 Å². The topological polar surface area (TPSA) is 83.5 Å². The van der Waals surface area contributed by atoms with Gasteiger partial charge in [0.15, 0.2) is 5.75 Å². The van der Waals surface area contributed by atoms with Gasteiger partial charge in [-0.15, -0.1) is 11.3 Å². The van der Waals surface area contributed by atoms with E-state index in [1.807, 2.05) is 51.1 Å². The fraction of sp³-hybridized carbons (Fsp3) is 0.382. The van der Waals surface area contributed by atoms with Gasteiger partial charge in [-0.3, -0.25) is 9.80 Å². The molecule has 228 valence electrons. The summed E-state index contributed by atoms with van der Waals surface area (Å²) >= 11 is 1.61. The molecule has 0 unspecified atom stereocenters. The fourth-order valence-corrected chi connectivity index (χ4v) is 6.11. The van der Waals surface area contributed by atoms with Crippen molar-refractivity contribution in [3.8, 4) is 33.4 Å². The maximum atomic E-state index is 11.8. The van der Waals surface area contributed by atoms with E-state index in [2.05, 4.69) is 46.3 Å². The lowest BCUT2D eigenvalue weighted by atomic mass is 10.1. The number of nitrogens with zero attached hydrogens (tertiary/aromatic N) is 2. The van der Waals surface area contributed by atoms with Crippen LogP contribution < -0.4 is 14.8 Å². The van der Waals surface area contributed by atoms with Crippen LogP contribution in [0.2, 0.25) is 0 Å². The first-order valence-corrected chi connectivity index (χ1v) is 15.6. The zero-order valence-corrected chi connectivity index (χ0v) is 26.2. The number of aromatic hydroxyl groups is 1. The smallest absolute Gasteiger partial charge is 0.407 e. The first-order valence-electron chi connectivity index (χ1n) is 14.8. The number of piperazine rings is 1. The van der Waals surface area contributed by atoms with Crippen molar-refractivity contribution < 1.29 is 24.1 Å². The van der Waals surface area contributed by atoms with Gasteiger partial charge in [0.05, 0.1) is 4.88 Å². The summed E-state index contributed by atoms with van der Waals surface area (Å²) in [4.78, 5) is 17.6. The van der Waals surface area contributed by atoms with Crippen LogP contribution in [0, 0.1) is 6.92 Å². The number of phenols is 1. The SMILES string of the molecule is Cc1ccc(-c2sc3cc(O)ccc3c2Oc2ccc(OCCN3CCN(CCNC(=O)OC(C)(C)C)CC3)cc2)cc1. The molecule has 8 nitrogen and oxygen atoms in total. The van der Waals surface area contributed by atoms with Crippen molar-refractivity contribution in [2.45, 2.75) is 33.3 Å². The highest BCUT2D eigenvalue weighted by Gasteiger charge is 2.19. The summed E-state index contributed by atoms with van der Waals surface area (Å²) in [6.45, 7) is 14.4. The number of hydrogen-bond donors (Lipinski definition) is 2. The van der Waals surface area contributed by atoms with E-state index in [0.29, 0.717) is 13.2 Å². The molecule has 1 aliphatic heterocycles. The molecule has 0 spiro atoms. The van der Waals surface area contributed by atoms with E-state index >= 15 is 0 Å². The predicted octanol–water partition coefficient (Wildman–Crippen LogP) is 6.90. The number of carbonyl (C=O) groups excluding carboxylic acids is 1. The number of phenolic OH excluding ortho intramolecular Hbond substituents is 1. The maximum Gasteiger partial charge on any atom is 0.407 e. The van der Waals surface area contributed by atoms with Gasteiger partial charge in [0.1, 0.15) is 29.5 Å². The highest BCUT2D eigenvalue weighted by atomic mass is 32.1. The number of aryl methyl sites for hydroxylation is 1. The molecular weight excluding hydrogens is 562 g/mol. The van der Waals surface area contributed by atoms with Crippen LogP contribution in [0.3, 0.4) is 0 Å². The number of ether oxygens (including phenoxy) is 3. The highest BCUT2D eigenvalue weighted by molar-refractivity contribution is 7.22. The molecule has 2 heterocycles. The van der Waals surface area contributed by atoms with Crippen molar-refractivity contribution in [1.29, 1.82) is 0 Å². The summed E-state index contributed by atoms with van der Waals surface area (Å²) in [5.41, 5.74) is 1.80. The van der Waals surface area contributed by atoms with Gasteiger partial charge in [-0.25, -0.2) is 4.79 Å². The van der Waals surface area contributed by atoms with E-state index in [9.17, 15) is 9.90 Å². The van der Waals surface area contributed by atoms with E-state index in [1.165, 1.54) is 5.56 Å². The molecular formula is C34H41N3O5S. The Balaban J connectivity index is 1.09. The molecule has 4 aromatic rings. The van der Waals surface area contributed by atoms with Gasteiger partial charge in [0.25, 0.3) is 0 Å². The fourth-order valence-electron chi connectivity index (χ4n) is 4.94. The molecule has 1 fully saturated rings. The molecule has 3 aromatic carbocycles. The maximum absolute atomic E-state index is 11.8. The number of nitrogens with one attached hydrogen (secondary N) is 1. The van der Waals surface area contributed by atoms with Crippen molar-refractivity contribution in [3.05, 3.63) is 72.3 Å². The molecule has 2 N–H and O–H groups in total. The highest BCUT2D eigenvalue weighted by Crippen LogP contribution is 2.47. The molecule has 1 saturated heterocycles. The van der Waals surface area contributed by atoms with Crippen LogP contribution in [-0.2, 0) is 4.74 Å². The average molecular weight is 604 g/mol. The van der Waals surface area contributed by atoms with Gasteiger partial charge in [0, 0.05) is 55.9 Å². The molecule has 0 saturated carbocycles. The largest absolute Gasteiger partial charge is 0.508 e. The Kier molecular flexibility index (Phi) is 9.75. The van der Waals surface area contributed by atoms with E-state index in [-0.39, 0.29) is 11.8 Å². The monoisotopic (exact) mass is 603 g/mol. The van der Waals surface area contributed by atoms with Crippen molar-refractivity contribution >= 4 is 27.5 Å². The number of thiophene rings is 1. The molecule has 0 aliphatic carbocycles. The van der Waals surface area contributed by atoms with Crippen LogP contribution in [-0.4, -0.2) is 79.0 Å². The molecule has 0 bridgehead atoms. The lowest BCUT2D eigenvalue weighted by Crippen LogP contribution is -2.49. The van der Waals surface area contributed by atoms with Crippen LogP contribution in [0.15, 0.2) is 66.7 Å². The molecule has 1 aromatic heterocycles. The number of carbonyl (C=O) groups is 1. The Bertz CT molecular complexity index is 1500. The first kappa shape index (κ1) is 30.7. The number of fused-ring (bicyclic) bond motifs is 1. The Morgan fingerprint density at radius 1 is 0.907 bits per heavy atom. The van der Waals surface area contributed by atoms with Crippen molar-refractivity contribution in [2.24, 2.45) is 0 Å². The number of rotatable bonds is 10. The summed E-state index contributed by atoms with van der Waals surface area (Å²) < 4.78 is 18.8. The lowest BCUT2D eigenvalue weighted by Gasteiger charge is -2.34. The second-order valence-electron chi connectivity index (χ2n) is 11.8. The van der Waals surface area contributed by atoms with Crippen molar-refractivity contribution in [2.75, 3.05) is 52.4 Å². The quantitative estimate of drug-likeness (QED) is 0.204. The average Bonchev–Trinajstić information content (AvgIpc) is 3.31. The van der Waals surface area contributed by atoms with E-state index in [1.54, 1.807) is 23.5 Å². The van der Waals surface area contributed by atoms with E-state index < -0.39 is 5.60 Å². The van der Waals surface area contributed by atoms with Gasteiger partial charge in [-0.2, -0.15) is 0 Å². The van der Waals surface area contributed by atoms with E-state index in [4.69, 9.17) is 14.2 Å². The molecule has 43 heavy (non-hydrogen) atoms. The Morgan fingerprint density at radius 2 is 1.56 bits per heavy atom. The third kappa shape index (κ3) is 8.63. The summed E-state index contributed by atoms with van der Waals surface area (Å²) in [5.74, 6) is 2.56. The number of alkyl carbamates (subject to hydrolysis) is 1. The summed E-state index contributed by atoms with van der Waals surface area (Å²) in [6, 6.07) is 21.5. The Labute approximate surface area is 257 Å². The minimum Gasteiger partial charge on any atom is -0.508 e. The third-order valence-electron chi connectivity index (χ3n) is 7.22. The first-order chi connectivity index (χ1) is 20.6. The summed E-state index contributed by atoms with van der Waals surface area (Å²) in [6.07, 6.45) is -0.365. The number of benzene rings is 3. The zero-order valence-electron chi connectivity index (χ0n) is 25.4. The number of amides is 1. The Hall–Kier alpha value is -3.79. The zero-order chi connectivity index (χ0) is 30.4. The minimum absolute atomic E-state index is 0.242. The van der Waals surface area contributed by atoms with Gasteiger partial charge < -0.3 is 24.6 Å². The predicted molar refractivity (Wildman–Crippen MR) is 173 cm³/mol. The standard InChI is InChI=1S/C34H41N3O5S/c1-24-5-7-25(8-6-24)32-31(29-14-9-26(38)23-30(29)43-32)41-28-12-10-27(11-13-28)40-22-21-37-19-17-36(18-20-37)16-15-35-33(39)42-34(2,3)4/h5-14,23,38H,15-22H2,1-4H3,(H,35,39). The van der Waals surface area contributed by atoms with Crippen LogP contribution in [0.5, 0.6) is 23.0 Å². The summed E-state index contributed by atoms with van der Waals surface area (Å²) in [7, 11) is 0. The van der Waals surface area contributed by atoms with Crippen molar-refractivity contribution in [3.63, 3.8) is 0 Å². The van der Waals surface area contributed by atoms with Gasteiger partial charge >= 0.3 is 6.09 Å². The van der Waals surface area contributed by atoms with Crippen LogP contribution >= 0.6 is 11.3 Å². The molecule has 0 radical (unpaired) electrons. The molecule has 1 aliphatic rings. The molecule has 1 amide bonds. The Morgan fingerprint density at radius 3 is 2.23 bits per heavy atom. The van der Waals surface area contributed by atoms with Crippen LogP contribution in [0.1, 0.15) is 26.3 Å². The molecule has 5 rings (SSSR count). The lowest BCUT2D eigenvalue weighted by molar-refractivity contribution is 0.0515. The second-order valence-corrected chi connectivity index (χ2v) is 12.9. The van der Waals surface area contributed by atoms with E-state index in [0.717, 1.165) is 77.0 Å². The van der Waals surface area contributed by atoms with Crippen LogP contribution in [0.4, 0.5) is 4.79 Å². The minimum atomic E-state index is -0.481. The van der Waals surface area contributed by atoms with Gasteiger partial charge in [-0.1, -0.05) is 29.8 Å². The number of hydrogen-bond acceptors (Lipinski definition) is 8. The van der Waals surface area contributed by atoms with Gasteiger partial charge in [-0.05, 0) is 75.7 Å². The van der Waals surface area contributed by atoms with Gasteiger partial charge in [0.2, 0.25) is 0 Å². The normalized spacial score (nSPS) is 14.5. The second kappa shape index (κ2) is 13.7. The molecule has 9 heteroatoms. The molecule has 0 atom stereocenters. The van der Waals surface area contributed by atoms with Crippen molar-refractivity contribution in [1.82, 2.24) is 15.1 Å². The third-order valence-corrected chi connectivity index (χ3v) is 8.41.